The molecule has 9 heteroatoms. The maximum Gasteiger partial charge on any atom is 0.337 e. The molecule has 1 N–H and O–H groups in total. The number of anilines is 1. The summed E-state index contributed by atoms with van der Waals surface area (Å²) in [4.78, 5) is 27.9. The Morgan fingerprint density at radius 3 is 2.51 bits per heavy atom. The second-order valence-corrected chi connectivity index (χ2v) is 11.9. The number of amides is 1. The van der Waals surface area contributed by atoms with Gasteiger partial charge in [-0.25, -0.2) is 13.6 Å². The Hall–Kier alpha value is -3.49. The highest BCUT2D eigenvalue weighted by Gasteiger charge is 2.37. The molecule has 5 rings (SSSR count). The zero-order valence-corrected chi connectivity index (χ0v) is 24.4. The van der Waals surface area contributed by atoms with Gasteiger partial charge in [0.2, 0.25) is 0 Å². The maximum atomic E-state index is 15.5. The molecule has 3 aromatic rings. The molecule has 0 fully saturated rings. The molecule has 3 aromatic carbocycles. The predicted molar refractivity (Wildman–Crippen MR) is 153 cm³/mol. The normalized spacial score (nSPS) is 15.3. The predicted octanol–water partition coefficient (Wildman–Crippen LogP) is 7.37. The Bertz CT molecular complexity index is 1580. The number of aryl methyl sites for hydroxylation is 1. The molecule has 2 aliphatic rings. The molecule has 2 aliphatic heterocycles. The van der Waals surface area contributed by atoms with E-state index in [9.17, 15) is 19.1 Å². The van der Waals surface area contributed by atoms with Crippen molar-refractivity contribution >= 4 is 29.2 Å². The van der Waals surface area contributed by atoms with E-state index in [0.29, 0.717) is 53.0 Å². The highest BCUT2D eigenvalue weighted by atomic mass is 35.5. The molecule has 6 nitrogen and oxygen atoms in total. The maximum absolute atomic E-state index is 15.5. The third-order valence-electron chi connectivity index (χ3n) is 7.63. The zero-order valence-electron chi connectivity index (χ0n) is 23.7. The first-order valence-electron chi connectivity index (χ1n) is 13.6. The highest BCUT2D eigenvalue weighted by molar-refractivity contribution is 6.34. The summed E-state index contributed by atoms with van der Waals surface area (Å²) < 4.78 is 41.5. The van der Waals surface area contributed by atoms with Crippen LogP contribution in [0.15, 0.2) is 30.3 Å². The lowest BCUT2D eigenvalue weighted by atomic mass is 9.83. The number of ether oxygens (including phenoxy) is 2. The van der Waals surface area contributed by atoms with Crippen molar-refractivity contribution in [3.63, 3.8) is 0 Å². The summed E-state index contributed by atoms with van der Waals surface area (Å²) >= 11 is 6.16. The summed E-state index contributed by atoms with van der Waals surface area (Å²) in [5.41, 5.74) is 4.02. The Morgan fingerprint density at radius 2 is 1.83 bits per heavy atom. The number of nitrogens with zero attached hydrogens (tertiary/aromatic N) is 1. The van der Waals surface area contributed by atoms with Gasteiger partial charge in [0.1, 0.15) is 5.82 Å². The first kappa shape index (κ1) is 29.0. The molecule has 0 aromatic heterocycles. The zero-order chi connectivity index (χ0) is 29.8. The van der Waals surface area contributed by atoms with Gasteiger partial charge in [-0.15, -0.1) is 0 Å². The van der Waals surface area contributed by atoms with Crippen LogP contribution in [-0.2, 0) is 22.4 Å². The summed E-state index contributed by atoms with van der Waals surface area (Å²) in [5, 5.41) is 10.1. The van der Waals surface area contributed by atoms with Crippen molar-refractivity contribution in [3.05, 3.63) is 80.4 Å². The lowest BCUT2D eigenvalue weighted by Crippen LogP contribution is -2.30. The van der Waals surface area contributed by atoms with Crippen LogP contribution in [0.4, 0.5) is 14.5 Å². The van der Waals surface area contributed by atoms with Crippen LogP contribution in [-0.4, -0.2) is 35.7 Å². The minimum atomic E-state index is -1.35. The number of carbonyl (C=O) groups is 2. The number of fused-ring (bicyclic) bond motifs is 2. The number of benzene rings is 3. The number of hydrogen-bond donors (Lipinski definition) is 1. The third-order valence-corrected chi connectivity index (χ3v) is 8.01. The Balaban J connectivity index is 1.78. The molecule has 216 valence electrons. The van der Waals surface area contributed by atoms with Crippen molar-refractivity contribution in [3.8, 4) is 16.9 Å². The van der Waals surface area contributed by atoms with Gasteiger partial charge in [-0.1, -0.05) is 17.7 Å². The average Bonchev–Trinajstić information content (AvgIpc) is 3.33. The first-order valence-corrected chi connectivity index (χ1v) is 14.0. The fourth-order valence-electron chi connectivity index (χ4n) is 5.87. The van der Waals surface area contributed by atoms with Crippen molar-refractivity contribution in [1.82, 2.24) is 0 Å². The molecule has 0 radical (unpaired) electrons. The van der Waals surface area contributed by atoms with Crippen LogP contribution in [0.1, 0.15) is 71.5 Å². The quantitative estimate of drug-likeness (QED) is 0.339. The molecule has 41 heavy (non-hydrogen) atoms. The Morgan fingerprint density at radius 1 is 1.10 bits per heavy atom. The minimum Gasteiger partial charge on any atom is -0.490 e. The van der Waals surface area contributed by atoms with Crippen LogP contribution < -0.4 is 9.64 Å². The average molecular weight is 584 g/mol. The summed E-state index contributed by atoms with van der Waals surface area (Å²) in [6.45, 7) is 9.63. The molecule has 0 spiro atoms. The SMILES string of the molecule is Cc1cc2c(c(-c3cc(F)c4c(c3C)CCCO4)c1C(OC(C)(C)C)C(=O)O)CCN2C(=O)c1cccc(F)c1Cl. The van der Waals surface area contributed by atoms with Crippen LogP contribution in [0.25, 0.3) is 11.1 Å². The summed E-state index contributed by atoms with van der Waals surface area (Å²) in [6.07, 6.45) is 0.371. The Kier molecular flexibility index (Phi) is 7.59. The lowest BCUT2D eigenvalue weighted by molar-refractivity contribution is -0.160. The summed E-state index contributed by atoms with van der Waals surface area (Å²) in [5.74, 6) is -2.66. The van der Waals surface area contributed by atoms with Crippen molar-refractivity contribution in [2.45, 2.75) is 65.6 Å². The van der Waals surface area contributed by atoms with Gasteiger partial charge in [0.25, 0.3) is 5.91 Å². The van der Waals surface area contributed by atoms with E-state index in [0.717, 1.165) is 17.5 Å². The van der Waals surface area contributed by atoms with Crippen molar-refractivity contribution in [2.75, 3.05) is 18.1 Å². The van der Waals surface area contributed by atoms with E-state index < -0.39 is 35.2 Å². The van der Waals surface area contributed by atoms with Crippen LogP contribution >= 0.6 is 11.6 Å². The van der Waals surface area contributed by atoms with Crippen LogP contribution in [0, 0.1) is 25.5 Å². The van der Waals surface area contributed by atoms with Crippen molar-refractivity contribution in [2.24, 2.45) is 0 Å². The second kappa shape index (κ2) is 10.7. The molecule has 1 atom stereocenters. The monoisotopic (exact) mass is 583 g/mol. The minimum absolute atomic E-state index is 0.0235. The van der Waals surface area contributed by atoms with Gasteiger partial charge in [-0.2, -0.15) is 0 Å². The van der Waals surface area contributed by atoms with E-state index in [1.807, 2.05) is 6.92 Å². The number of rotatable bonds is 5. The van der Waals surface area contributed by atoms with Gasteiger partial charge in [0.15, 0.2) is 17.7 Å². The first-order chi connectivity index (χ1) is 19.3. The largest absolute Gasteiger partial charge is 0.490 e. The smallest absolute Gasteiger partial charge is 0.337 e. The van der Waals surface area contributed by atoms with E-state index in [-0.39, 0.29) is 22.9 Å². The van der Waals surface area contributed by atoms with E-state index in [2.05, 4.69) is 0 Å². The van der Waals surface area contributed by atoms with Gasteiger partial charge in [0.05, 0.1) is 22.8 Å². The van der Waals surface area contributed by atoms with E-state index in [1.165, 1.54) is 29.2 Å². The summed E-state index contributed by atoms with van der Waals surface area (Å²) in [6, 6.07) is 7.22. The number of aliphatic carboxylic acids is 1. The van der Waals surface area contributed by atoms with E-state index in [4.69, 9.17) is 21.1 Å². The number of carboxylic acid groups (broad SMARTS) is 1. The summed E-state index contributed by atoms with van der Waals surface area (Å²) in [7, 11) is 0. The van der Waals surface area contributed by atoms with Crippen molar-refractivity contribution in [1.29, 1.82) is 0 Å². The van der Waals surface area contributed by atoms with Gasteiger partial charge in [-0.05, 0) is 106 Å². The second-order valence-electron chi connectivity index (χ2n) is 11.5. The highest BCUT2D eigenvalue weighted by Crippen LogP contribution is 2.48. The molecule has 0 saturated heterocycles. The molecule has 0 saturated carbocycles. The van der Waals surface area contributed by atoms with Gasteiger partial charge in [0, 0.05) is 23.4 Å². The fraction of sp³-hybridized carbons (Fsp3) is 0.375. The number of carbonyl (C=O) groups excluding carboxylic acids is 1. The van der Waals surface area contributed by atoms with Gasteiger partial charge < -0.3 is 19.5 Å². The molecule has 1 amide bonds. The Labute approximate surface area is 242 Å². The lowest BCUT2D eigenvalue weighted by Gasteiger charge is -2.30. The number of hydrogen-bond acceptors (Lipinski definition) is 4. The van der Waals surface area contributed by atoms with Gasteiger partial charge in [-0.3, -0.25) is 4.79 Å². The van der Waals surface area contributed by atoms with Crippen molar-refractivity contribution < 1.29 is 33.0 Å². The molecular formula is C32H32ClF2NO5. The fourth-order valence-corrected chi connectivity index (χ4v) is 6.08. The molecule has 0 aliphatic carbocycles. The van der Waals surface area contributed by atoms with Crippen LogP contribution in [0.2, 0.25) is 5.02 Å². The van der Waals surface area contributed by atoms with Crippen LogP contribution in [0.3, 0.4) is 0 Å². The van der Waals surface area contributed by atoms with E-state index in [1.54, 1.807) is 33.8 Å². The standard InChI is InChI=1S/C32H32ClF2NO5/c1-16-14-24-19(11-12-36(24)30(37)20-8-6-10-22(34)27(20)33)26(25(16)29(31(38)39)41-32(3,4)5)21-15-23(35)28-18(17(21)2)9-7-13-40-28/h6,8,10,14-15,29H,7,9,11-13H2,1-5H3,(H,38,39). The van der Waals surface area contributed by atoms with Gasteiger partial charge >= 0.3 is 5.97 Å². The number of halogens is 3. The third kappa shape index (κ3) is 5.19. The molecule has 0 bridgehead atoms. The molecular weight excluding hydrogens is 552 g/mol. The molecule has 1 unspecified atom stereocenters. The molecule has 2 heterocycles. The number of carboxylic acids is 1. The van der Waals surface area contributed by atoms with E-state index >= 15 is 4.39 Å². The van der Waals surface area contributed by atoms with Crippen LogP contribution in [0.5, 0.6) is 5.75 Å². The topological polar surface area (TPSA) is 76.1 Å².